The van der Waals surface area contributed by atoms with Crippen LogP contribution in [0.2, 0.25) is 0 Å². The molecule has 1 heterocycles. The van der Waals surface area contributed by atoms with Crippen LogP contribution in [0.3, 0.4) is 0 Å². The Kier molecular flexibility index (Phi) is 5.76. The molecular weight excluding hydrogens is 266 g/mol. The number of benzene rings is 1. The summed E-state index contributed by atoms with van der Waals surface area (Å²) in [6.45, 7) is 2.90. The van der Waals surface area contributed by atoms with Crippen molar-refractivity contribution < 1.29 is 9.53 Å². The Morgan fingerprint density at radius 2 is 2.43 bits per heavy atom. The van der Waals surface area contributed by atoms with Gasteiger partial charge in [0.05, 0.1) is 19.8 Å². The molecule has 1 aromatic rings. The second kappa shape index (κ2) is 7.79. The SMILES string of the molecule is CNC(=O)C1COCCN1Cc1cccc(C#CCN)c1. The van der Waals surface area contributed by atoms with Gasteiger partial charge < -0.3 is 15.8 Å². The molecule has 1 fully saturated rings. The first-order valence-corrected chi connectivity index (χ1v) is 7.06. The van der Waals surface area contributed by atoms with Crippen LogP contribution in [0.15, 0.2) is 24.3 Å². The first kappa shape index (κ1) is 15.5. The van der Waals surface area contributed by atoms with Gasteiger partial charge >= 0.3 is 0 Å². The van der Waals surface area contributed by atoms with Gasteiger partial charge in [0, 0.05) is 25.7 Å². The Morgan fingerprint density at radius 3 is 3.19 bits per heavy atom. The van der Waals surface area contributed by atoms with Gasteiger partial charge in [-0.2, -0.15) is 0 Å². The van der Waals surface area contributed by atoms with E-state index in [2.05, 4.69) is 22.1 Å². The van der Waals surface area contributed by atoms with Crippen molar-refractivity contribution in [2.45, 2.75) is 12.6 Å². The van der Waals surface area contributed by atoms with Crippen molar-refractivity contribution in [2.24, 2.45) is 5.73 Å². The molecule has 1 unspecified atom stereocenters. The topological polar surface area (TPSA) is 67.6 Å². The number of amides is 1. The molecule has 112 valence electrons. The van der Waals surface area contributed by atoms with Gasteiger partial charge in [-0.05, 0) is 17.7 Å². The number of nitrogens with one attached hydrogen (secondary N) is 1. The zero-order valence-corrected chi connectivity index (χ0v) is 12.3. The van der Waals surface area contributed by atoms with Crippen molar-refractivity contribution in [3.63, 3.8) is 0 Å². The lowest BCUT2D eigenvalue weighted by Gasteiger charge is -2.34. The number of rotatable bonds is 3. The molecule has 0 aromatic heterocycles. The Balaban J connectivity index is 2.10. The van der Waals surface area contributed by atoms with Crippen LogP contribution in [0.4, 0.5) is 0 Å². The van der Waals surface area contributed by atoms with Crippen LogP contribution in [0.25, 0.3) is 0 Å². The monoisotopic (exact) mass is 287 g/mol. The number of hydrogen-bond acceptors (Lipinski definition) is 4. The van der Waals surface area contributed by atoms with Crippen LogP contribution in [0, 0.1) is 11.8 Å². The molecule has 0 bridgehead atoms. The van der Waals surface area contributed by atoms with Gasteiger partial charge in [-0.1, -0.05) is 24.0 Å². The largest absolute Gasteiger partial charge is 0.378 e. The number of ether oxygens (including phenoxy) is 1. The van der Waals surface area contributed by atoms with E-state index < -0.39 is 0 Å². The Labute approximate surface area is 125 Å². The summed E-state index contributed by atoms with van der Waals surface area (Å²) >= 11 is 0. The molecule has 2 rings (SSSR count). The second-order valence-corrected chi connectivity index (χ2v) is 4.88. The zero-order valence-electron chi connectivity index (χ0n) is 12.3. The molecular formula is C16H21N3O2. The molecule has 1 atom stereocenters. The fourth-order valence-corrected chi connectivity index (χ4v) is 2.37. The first-order valence-electron chi connectivity index (χ1n) is 7.06. The summed E-state index contributed by atoms with van der Waals surface area (Å²) in [6, 6.07) is 7.79. The molecule has 1 amide bonds. The van der Waals surface area contributed by atoms with E-state index in [0.717, 1.165) is 17.7 Å². The fraction of sp³-hybridized carbons (Fsp3) is 0.438. The van der Waals surface area contributed by atoms with Crippen molar-refractivity contribution in [3.05, 3.63) is 35.4 Å². The van der Waals surface area contributed by atoms with E-state index in [1.54, 1.807) is 7.05 Å². The standard InChI is InChI=1S/C16H21N3O2/c1-18-16(20)15-12-21-9-8-19(15)11-14-5-2-4-13(10-14)6-3-7-17/h2,4-5,10,15H,7-9,11-12,17H2,1H3,(H,18,20). The van der Waals surface area contributed by atoms with Gasteiger partial charge in [-0.3, -0.25) is 9.69 Å². The maximum Gasteiger partial charge on any atom is 0.239 e. The maximum absolute atomic E-state index is 11.9. The van der Waals surface area contributed by atoms with Gasteiger partial charge in [0.15, 0.2) is 0 Å². The number of nitrogens with two attached hydrogens (primary N) is 1. The first-order chi connectivity index (χ1) is 10.2. The zero-order chi connectivity index (χ0) is 15.1. The fourth-order valence-electron chi connectivity index (χ4n) is 2.37. The van der Waals surface area contributed by atoms with Crippen molar-refractivity contribution in [2.75, 3.05) is 33.4 Å². The van der Waals surface area contributed by atoms with Crippen molar-refractivity contribution in [1.82, 2.24) is 10.2 Å². The van der Waals surface area contributed by atoms with Gasteiger partial charge in [-0.25, -0.2) is 0 Å². The minimum Gasteiger partial charge on any atom is -0.378 e. The molecule has 1 aromatic carbocycles. The minimum atomic E-state index is -0.234. The predicted molar refractivity (Wildman–Crippen MR) is 81.5 cm³/mol. The molecule has 5 nitrogen and oxygen atoms in total. The lowest BCUT2D eigenvalue weighted by Crippen LogP contribution is -2.52. The van der Waals surface area contributed by atoms with Crippen molar-refractivity contribution in [3.8, 4) is 11.8 Å². The molecule has 0 spiro atoms. The number of carbonyl (C=O) groups is 1. The maximum atomic E-state index is 11.9. The third-order valence-corrected chi connectivity index (χ3v) is 3.44. The summed E-state index contributed by atoms with van der Waals surface area (Å²) in [4.78, 5) is 14.0. The van der Waals surface area contributed by atoms with E-state index in [9.17, 15) is 4.79 Å². The van der Waals surface area contributed by atoms with Crippen LogP contribution >= 0.6 is 0 Å². The van der Waals surface area contributed by atoms with Gasteiger partial charge in [0.2, 0.25) is 5.91 Å². The number of likely N-dealkylation sites (N-methyl/N-ethyl adjacent to an activating group) is 1. The highest BCUT2D eigenvalue weighted by Crippen LogP contribution is 2.13. The molecule has 5 heteroatoms. The molecule has 1 saturated heterocycles. The molecule has 0 aliphatic carbocycles. The summed E-state index contributed by atoms with van der Waals surface area (Å²) in [7, 11) is 1.65. The van der Waals surface area contributed by atoms with Crippen LogP contribution < -0.4 is 11.1 Å². The molecule has 21 heavy (non-hydrogen) atoms. The number of carbonyl (C=O) groups excluding carboxylic acids is 1. The molecule has 0 radical (unpaired) electrons. The summed E-state index contributed by atoms with van der Waals surface area (Å²) in [5.74, 6) is 5.88. The molecule has 1 aliphatic heterocycles. The second-order valence-electron chi connectivity index (χ2n) is 4.88. The highest BCUT2D eigenvalue weighted by Gasteiger charge is 2.28. The van der Waals surface area contributed by atoms with E-state index in [1.165, 1.54) is 0 Å². The lowest BCUT2D eigenvalue weighted by molar-refractivity contribution is -0.132. The Morgan fingerprint density at radius 1 is 1.57 bits per heavy atom. The predicted octanol–water partition coefficient (Wildman–Crippen LogP) is -0.0564. The normalized spacial score (nSPS) is 18.7. The number of hydrogen-bond donors (Lipinski definition) is 2. The number of morpholine rings is 1. The van der Waals surface area contributed by atoms with Gasteiger partial charge in [0.25, 0.3) is 0 Å². The molecule has 3 N–H and O–H groups in total. The van der Waals surface area contributed by atoms with E-state index in [4.69, 9.17) is 10.5 Å². The van der Waals surface area contributed by atoms with E-state index >= 15 is 0 Å². The highest BCUT2D eigenvalue weighted by atomic mass is 16.5. The molecule has 0 saturated carbocycles. The highest BCUT2D eigenvalue weighted by molar-refractivity contribution is 5.81. The van der Waals surface area contributed by atoms with Crippen LogP contribution in [-0.2, 0) is 16.1 Å². The minimum absolute atomic E-state index is 0.00576. The lowest BCUT2D eigenvalue weighted by atomic mass is 10.1. The van der Waals surface area contributed by atoms with Crippen molar-refractivity contribution in [1.29, 1.82) is 0 Å². The van der Waals surface area contributed by atoms with Crippen LogP contribution in [0.1, 0.15) is 11.1 Å². The number of nitrogens with zero attached hydrogens (tertiary/aromatic N) is 1. The van der Waals surface area contributed by atoms with Crippen LogP contribution in [-0.4, -0.2) is 50.2 Å². The molecule has 1 aliphatic rings. The van der Waals surface area contributed by atoms with E-state index in [1.807, 2.05) is 24.3 Å². The average molecular weight is 287 g/mol. The average Bonchev–Trinajstić information content (AvgIpc) is 2.53. The summed E-state index contributed by atoms with van der Waals surface area (Å²) in [6.07, 6.45) is 0. The summed E-state index contributed by atoms with van der Waals surface area (Å²) in [5, 5.41) is 2.69. The van der Waals surface area contributed by atoms with Gasteiger partial charge in [0.1, 0.15) is 6.04 Å². The Hall–Kier alpha value is -1.87. The summed E-state index contributed by atoms with van der Waals surface area (Å²) in [5.41, 5.74) is 7.47. The van der Waals surface area contributed by atoms with Crippen LogP contribution in [0.5, 0.6) is 0 Å². The summed E-state index contributed by atoms with van der Waals surface area (Å²) < 4.78 is 5.41. The third-order valence-electron chi connectivity index (χ3n) is 3.44. The quantitative estimate of drug-likeness (QED) is 0.765. The smallest absolute Gasteiger partial charge is 0.239 e. The van der Waals surface area contributed by atoms with Crippen molar-refractivity contribution >= 4 is 5.91 Å². The van der Waals surface area contributed by atoms with Gasteiger partial charge in [-0.15, -0.1) is 0 Å². The van der Waals surface area contributed by atoms with E-state index in [-0.39, 0.29) is 11.9 Å². The third kappa shape index (κ3) is 4.30. The van der Waals surface area contributed by atoms with E-state index in [0.29, 0.717) is 26.3 Å². The Bertz CT molecular complexity index is 548.